The molecule has 2 heterocycles. The molecule has 1 fully saturated rings. The first-order chi connectivity index (χ1) is 8.46. The molecule has 0 aromatic carbocycles. The molecule has 8 heteroatoms. The van der Waals surface area contributed by atoms with Crippen molar-refractivity contribution in [2.24, 2.45) is 7.05 Å². The molecule has 0 radical (unpaired) electrons. The van der Waals surface area contributed by atoms with E-state index in [2.05, 4.69) is 10.3 Å². The lowest BCUT2D eigenvalue weighted by Gasteiger charge is -2.22. The molecule has 0 bridgehead atoms. The van der Waals surface area contributed by atoms with Gasteiger partial charge in [-0.15, -0.1) is 12.4 Å². The Kier molecular flexibility index (Phi) is 5.37. The summed E-state index contributed by atoms with van der Waals surface area (Å²) in [7, 11) is 0.193. The van der Waals surface area contributed by atoms with E-state index in [1.165, 1.54) is 0 Å². The van der Waals surface area contributed by atoms with Crippen LogP contribution in [-0.4, -0.2) is 48.5 Å². The van der Waals surface area contributed by atoms with E-state index in [4.69, 9.17) is 0 Å². The Labute approximate surface area is 120 Å². The zero-order valence-corrected chi connectivity index (χ0v) is 13.1. The van der Waals surface area contributed by atoms with Gasteiger partial charge in [-0.1, -0.05) is 0 Å². The van der Waals surface area contributed by atoms with E-state index in [0.717, 1.165) is 12.8 Å². The summed E-state index contributed by atoms with van der Waals surface area (Å²) >= 11 is 0. The van der Waals surface area contributed by atoms with Crippen LogP contribution in [0.15, 0.2) is 11.2 Å². The van der Waals surface area contributed by atoms with Gasteiger partial charge in [-0.3, -0.25) is 0 Å². The summed E-state index contributed by atoms with van der Waals surface area (Å²) in [5.41, 5.74) is 0. The van der Waals surface area contributed by atoms with Crippen molar-refractivity contribution in [2.75, 3.05) is 20.1 Å². The van der Waals surface area contributed by atoms with Gasteiger partial charge in [0.25, 0.3) is 10.0 Å². The number of nitrogens with one attached hydrogen (secondary N) is 1. The topological polar surface area (TPSA) is 67.2 Å². The molecule has 1 atom stereocenters. The van der Waals surface area contributed by atoms with Crippen LogP contribution in [0.2, 0.25) is 0 Å². The number of hydrogen-bond donors (Lipinski definition) is 1. The predicted molar refractivity (Wildman–Crippen MR) is 76.0 cm³/mol. The quantitative estimate of drug-likeness (QED) is 0.881. The van der Waals surface area contributed by atoms with Crippen LogP contribution in [-0.2, 0) is 17.1 Å². The molecular weight excluding hydrogens is 288 g/mol. The fraction of sp³-hybridized carbons (Fsp3) is 0.727. The van der Waals surface area contributed by atoms with E-state index >= 15 is 0 Å². The van der Waals surface area contributed by atoms with E-state index in [-0.39, 0.29) is 23.5 Å². The molecule has 110 valence electrons. The van der Waals surface area contributed by atoms with Gasteiger partial charge in [0.15, 0.2) is 5.03 Å². The van der Waals surface area contributed by atoms with Crippen LogP contribution in [0.1, 0.15) is 18.7 Å². The SMILES string of the molecule is CNCC1CCCN1S(=O)(=O)c1cn(C)c(C)n1.Cl. The second-order valence-corrected chi connectivity index (χ2v) is 6.54. The molecule has 1 aromatic heterocycles. The van der Waals surface area contributed by atoms with Crippen LogP contribution in [0, 0.1) is 6.92 Å². The Morgan fingerprint density at radius 1 is 1.53 bits per heavy atom. The predicted octanol–water partition coefficient (Wildman–Crippen LogP) is 0.523. The number of rotatable bonds is 4. The highest BCUT2D eigenvalue weighted by molar-refractivity contribution is 7.89. The Balaban J connectivity index is 0.00000180. The number of nitrogens with zero attached hydrogens (tertiary/aromatic N) is 3. The van der Waals surface area contributed by atoms with Crippen LogP contribution >= 0.6 is 12.4 Å². The highest BCUT2D eigenvalue weighted by atomic mass is 35.5. The van der Waals surface area contributed by atoms with Gasteiger partial charge in [-0.05, 0) is 26.8 Å². The first kappa shape index (κ1) is 16.4. The second-order valence-electron chi connectivity index (χ2n) is 4.71. The minimum Gasteiger partial charge on any atom is -0.337 e. The van der Waals surface area contributed by atoms with Crippen molar-refractivity contribution in [1.29, 1.82) is 0 Å². The summed E-state index contributed by atoms with van der Waals surface area (Å²) in [5.74, 6) is 0.706. The summed E-state index contributed by atoms with van der Waals surface area (Å²) < 4.78 is 28.3. The molecular formula is C11H21ClN4O2S. The third-order valence-electron chi connectivity index (χ3n) is 3.42. The number of sulfonamides is 1. The summed E-state index contributed by atoms with van der Waals surface area (Å²) in [6.45, 7) is 3.07. The maximum atomic E-state index is 12.5. The van der Waals surface area contributed by atoms with Crippen molar-refractivity contribution in [3.05, 3.63) is 12.0 Å². The van der Waals surface area contributed by atoms with Crippen molar-refractivity contribution in [1.82, 2.24) is 19.2 Å². The summed E-state index contributed by atoms with van der Waals surface area (Å²) in [6.07, 6.45) is 3.41. The Hall–Kier alpha value is -0.630. The van der Waals surface area contributed by atoms with Crippen molar-refractivity contribution in [3.8, 4) is 0 Å². The number of imidazole rings is 1. The lowest BCUT2D eigenvalue weighted by molar-refractivity contribution is 0.378. The highest BCUT2D eigenvalue weighted by Gasteiger charge is 2.36. The average Bonchev–Trinajstić information content (AvgIpc) is 2.88. The molecule has 0 spiro atoms. The lowest BCUT2D eigenvalue weighted by Crippen LogP contribution is -2.40. The van der Waals surface area contributed by atoms with Gasteiger partial charge in [0.1, 0.15) is 5.82 Å². The van der Waals surface area contributed by atoms with E-state index in [0.29, 0.717) is 18.9 Å². The van der Waals surface area contributed by atoms with Crippen molar-refractivity contribution < 1.29 is 8.42 Å². The van der Waals surface area contributed by atoms with Crippen LogP contribution in [0.5, 0.6) is 0 Å². The van der Waals surface area contributed by atoms with Crippen molar-refractivity contribution >= 4 is 22.4 Å². The maximum absolute atomic E-state index is 12.5. The normalized spacial score (nSPS) is 20.5. The van der Waals surface area contributed by atoms with Crippen molar-refractivity contribution in [2.45, 2.75) is 30.8 Å². The maximum Gasteiger partial charge on any atom is 0.262 e. The van der Waals surface area contributed by atoms with Crippen molar-refractivity contribution in [3.63, 3.8) is 0 Å². The molecule has 1 N–H and O–H groups in total. The molecule has 1 aliphatic rings. The van der Waals surface area contributed by atoms with Crippen LogP contribution < -0.4 is 5.32 Å². The van der Waals surface area contributed by atoms with E-state index in [1.54, 1.807) is 29.0 Å². The Bertz CT molecular complexity index is 509. The lowest BCUT2D eigenvalue weighted by atomic mass is 10.2. The third-order valence-corrected chi connectivity index (χ3v) is 5.25. The van der Waals surface area contributed by atoms with Crippen LogP contribution in [0.3, 0.4) is 0 Å². The van der Waals surface area contributed by atoms with Gasteiger partial charge in [0.2, 0.25) is 0 Å². The number of likely N-dealkylation sites (N-methyl/N-ethyl adjacent to an activating group) is 1. The van der Waals surface area contributed by atoms with Gasteiger partial charge in [0.05, 0.1) is 0 Å². The van der Waals surface area contributed by atoms with Gasteiger partial charge < -0.3 is 9.88 Å². The second kappa shape index (κ2) is 6.21. The van der Waals surface area contributed by atoms with Gasteiger partial charge >= 0.3 is 0 Å². The van der Waals surface area contributed by atoms with Gasteiger partial charge in [0, 0.05) is 32.4 Å². The molecule has 6 nitrogen and oxygen atoms in total. The molecule has 1 aliphatic heterocycles. The first-order valence-corrected chi connectivity index (χ1v) is 7.57. The number of aryl methyl sites for hydroxylation is 2. The highest BCUT2D eigenvalue weighted by Crippen LogP contribution is 2.25. The first-order valence-electron chi connectivity index (χ1n) is 6.13. The molecule has 1 aromatic rings. The smallest absolute Gasteiger partial charge is 0.262 e. The molecule has 0 saturated carbocycles. The molecule has 1 unspecified atom stereocenters. The molecule has 19 heavy (non-hydrogen) atoms. The fourth-order valence-corrected chi connectivity index (χ4v) is 4.06. The number of halogens is 1. The molecule has 0 amide bonds. The zero-order valence-electron chi connectivity index (χ0n) is 11.5. The summed E-state index contributed by atoms with van der Waals surface area (Å²) in [6, 6.07) is 0.0438. The summed E-state index contributed by atoms with van der Waals surface area (Å²) in [4.78, 5) is 4.13. The zero-order chi connectivity index (χ0) is 13.3. The third kappa shape index (κ3) is 3.10. The standard InChI is InChI=1S/C11H20N4O2S.ClH/c1-9-13-11(8-14(9)3)18(16,17)15-6-4-5-10(15)7-12-2;/h8,10,12H,4-7H2,1-3H3;1H. The Morgan fingerprint density at radius 3 is 2.74 bits per heavy atom. The van der Waals surface area contributed by atoms with E-state index in [1.807, 2.05) is 7.05 Å². The van der Waals surface area contributed by atoms with Gasteiger partial charge in [-0.2, -0.15) is 4.31 Å². The minimum absolute atomic E-state index is 0. The van der Waals surface area contributed by atoms with Gasteiger partial charge in [-0.25, -0.2) is 13.4 Å². The monoisotopic (exact) mass is 308 g/mol. The molecule has 2 rings (SSSR count). The fourth-order valence-electron chi connectivity index (χ4n) is 2.34. The average molecular weight is 309 g/mol. The van der Waals surface area contributed by atoms with E-state index < -0.39 is 10.0 Å². The number of hydrogen-bond acceptors (Lipinski definition) is 4. The molecule has 1 saturated heterocycles. The van der Waals surface area contributed by atoms with E-state index in [9.17, 15) is 8.42 Å². The Morgan fingerprint density at radius 2 is 2.21 bits per heavy atom. The van der Waals surface area contributed by atoms with Crippen LogP contribution in [0.4, 0.5) is 0 Å². The number of aromatic nitrogens is 2. The summed E-state index contributed by atoms with van der Waals surface area (Å²) in [5, 5.41) is 3.21. The largest absolute Gasteiger partial charge is 0.337 e. The molecule has 0 aliphatic carbocycles. The minimum atomic E-state index is -3.45. The van der Waals surface area contributed by atoms with Crippen LogP contribution in [0.25, 0.3) is 0 Å².